The van der Waals surface area contributed by atoms with Gasteiger partial charge in [-0.2, -0.15) is 0 Å². The molecule has 0 saturated heterocycles. The second-order valence-electron chi connectivity index (χ2n) is 6.96. The smallest absolute Gasteiger partial charge is 0.211 e. The molecule has 26 heavy (non-hydrogen) atoms. The summed E-state index contributed by atoms with van der Waals surface area (Å²) >= 11 is 6.22. The number of halogens is 1. The number of H-pyrrole nitrogens is 1. The Balaban J connectivity index is 2.03. The van der Waals surface area contributed by atoms with Gasteiger partial charge >= 0.3 is 0 Å². The molecule has 5 heteroatoms. The molecule has 132 valence electrons. The average molecular weight is 367 g/mol. The van der Waals surface area contributed by atoms with Crippen LogP contribution in [0, 0.1) is 0 Å². The highest BCUT2D eigenvalue weighted by atomic mass is 35.5. The minimum Gasteiger partial charge on any atom is -0.508 e. The van der Waals surface area contributed by atoms with Crippen molar-refractivity contribution >= 4 is 28.9 Å². The summed E-state index contributed by atoms with van der Waals surface area (Å²) in [5.41, 5.74) is 3.32. The van der Waals surface area contributed by atoms with Crippen LogP contribution in [0.15, 0.2) is 55.1 Å². The summed E-state index contributed by atoms with van der Waals surface area (Å²) in [5.74, 6) is 0.167. The number of aromatic nitrogens is 1. The lowest BCUT2D eigenvalue weighted by atomic mass is 9.81. The fourth-order valence-electron chi connectivity index (χ4n) is 3.93. The number of hydrogen-bond acceptors (Lipinski definition) is 2. The van der Waals surface area contributed by atoms with Crippen LogP contribution in [0.5, 0.6) is 5.75 Å². The third kappa shape index (κ3) is 2.41. The van der Waals surface area contributed by atoms with Gasteiger partial charge in [0.25, 0.3) is 0 Å². The molecule has 0 bridgehead atoms. The number of hydrogen-bond donors (Lipinski definition) is 2. The maximum absolute atomic E-state index is 12.1. The van der Waals surface area contributed by atoms with Crippen molar-refractivity contribution in [1.29, 1.82) is 0 Å². The zero-order valence-electron chi connectivity index (χ0n) is 14.4. The van der Waals surface area contributed by atoms with Crippen LogP contribution in [0.1, 0.15) is 29.8 Å². The van der Waals surface area contributed by atoms with Gasteiger partial charge in [-0.3, -0.25) is 4.79 Å². The van der Waals surface area contributed by atoms with Crippen LogP contribution in [0.2, 0.25) is 5.02 Å². The highest BCUT2D eigenvalue weighted by Crippen LogP contribution is 2.45. The van der Waals surface area contributed by atoms with E-state index in [1.54, 1.807) is 23.1 Å². The van der Waals surface area contributed by atoms with Gasteiger partial charge in [-0.1, -0.05) is 29.8 Å². The first-order chi connectivity index (χ1) is 12.5. The summed E-state index contributed by atoms with van der Waals surface area (Å²) in [4.78, 5) is 17.3. The van der Waals surface area contributed by atoms with E-state index in [9.17, 15) is 9.90 Å². The minimum atomic E-state index is -0.553. The van der Waals surface area contributed by atoms with Gasteiger partial charge in [0.05, 0.1) is 11.6 Å². The third-order valence-electron chi connectivity index (χ3n) is 5.32. The maximum atomic E-state index is 12.1. The molecule has 1 aliphatic heterocycles. The van der Waals surface area contributed by atoms with Crippen molar-refractivity contribution in [1.82, 2.24) is 9.88 Å². The number of fused-ring (bicyclic) bond motifs is 3. The molecule has 1 aromatic heterocycles. The monoisotopic (exact) mass is 366 g/mol. The number of benzene rings is 2. The number of phenols is 1. The number of aromatic hydroxyl groups is 1. The van der Waals surface area contributed by atoms with E-state index in [2.05, 4.69) is 11.6 Å². The predicted octanol–water partition coefficient (Wildman–Crippen LogP) is 4.58. The maximum Gasteiger partial charge on any atom is 0.211 e. The second kappa shape index (κ2) is 5.92. The zero-order valence-corrected chi connectivity index (χ0v) is 15.1. The molecule has 0 aliphatic carbocycles. The van der Waals surface area contributed by atoms with Crippen LogP contribution in [-0.4, -0.2) is 26.9 Å². The molecule has 2 atom stereocenters. The Hall–Kier alpha value is -2.72. The highest BCUT2D eigenvalue weighted by molar-refractivity contribution is 6.31. The molecule has 4 nitrogen and oxygen atoms in total. The Kier molecular flexibility index (Phi) is 3.81. The highest BCUT2D eigenvalue weighted by Gasteiger charge is 2.42. The van der Waals surface area contributed by atoms with E-state index in [4.69, 9.17) is 11.6 Å². The fraction of sp³-hybridized carbons (Fsp3) is 0.190. The van der Waals surface area contributed by atoms with Gasteiger partial charge < -0.3 is 15.0 Å². The normalized spacial score (nSPS) is 22.2. The SMILES string of the molecule is C=C[C@]1(C)Cc2c([nH]c3ccc(Cl)cc23)[C@@H](c2cccc(O)c2)N1C=O. The van der Waals surface area contributed by atoms with Crippen LogP contribution in [0.25, 0.3) is 10.9 Å². The van der Waals surface area contributed by atoms with Crippen LogP contribution in [0.3, 0.4) is 0 Å². The largest absolute Gasteiger partial charge is 0.508 e. The summed E-state index contributed by atoms with van der Waals surface area (Å²) in [6.07, 6.45) is 3.31. The van der Waals surface area contributed by atoms with E-state index in [1.807, 2.05) is 37.3 Å². The Morgan fingerprint density at radius 2 is 2.15 bits per heavy atom. The molecule has 4 rings (SSSR count). The van der Waals surface area contributed by atoms with E-state index >= 15 is 0 Å². The first-order valence-electron chi connectivity index (χ1n) is 8.43. The number of carbonyl (C=O) groups excluding carboxylic acids is 1. The van der Waals surface area contributed by atoms with Gasteiger partial charge in [0.2, 0.25) is 6.41 Å². The predicted molar refractivity (Wildman–Crippen MR) is 103 cm³/mol. The Labute approximate surface area is 156 Å². The van der Waals surface area contributed by atoms with Crippen LogP contribution in [0.4, 0.5) is 0 Å². The van der Waals surface area contributed by atoms with E-state index < -0.39 is 5.54 Å². The van der Waals surface area contributed by atoms with Crippen molar-refractivity contribution in [2.75, 3.05) is 0 Å². The van der Waals surface area contributed by atoms with Crippen LogP contribution in [-0.2, 0) is 11.2 Å². The van der Waals surface area contributed by atoms with E-state index in [1.165, 1.54) is 0 Å². The molecule has 3 aromatic rings. The van der Waals surface area contributed by atoms with Crippen molar-refractivity contribution in [2.24, 2.45) is 0 Å². The minimum absolute atomic E-state index is 0.167. The summed E-state index contributed by atoms with van der Waals surface area (Å²) in [5, 5.41) is 11.7. The van der Waals surface area contributed by atoms with Crippen LogP contribution < -0.4 is 0 Å². The van der Waals surface area contributed by atoms with E-state index in [0.29, 0.717) is 11.4 Å². The van der Waals surface area contributed by atoms with Crippen LogP contribution >= 0.6 is 11.6 Å². The Morgan fingerprint density at radius 3 is 2.85 bits per heavy atom. The second-order valence-corrected chi connectivity index (χ2v) is 7.39. The number of amides is 1. The lowest BCUT2D eigenvalue weighted by Crippen LogP contribution is -2.51. The molecule has 0 saturated carbocycles. The number of nitrogens with zero attached hydrogens (tertiary/aromatic N) is 1. The molecule has 0 radical (unpaired) electrons. The molecule has 1 aliphatic rings. The molecule has 2 aromatic carbocycles. The zero-order chi connectivity index (χ0) is 18.5. The number of nitrogens with one attached hydrogen (secondary N) is 1. The van der Waals surface area contributed by atoms with Gasteiger partial charge in [0, 0.05) is 28.0 Å². The molecule has 1 amide bonds. The number of rotatable bonds is 3. The van der Waals surface area contributed by atoms with Crippen molar-refractivity contribution < 1.29 is 9.90 Å². The standard InChI is InChI=1S/C21H19ClN2O2/c1-3-21(2)11-17-16-10-14(22)7-8-18(16)23-19(17)20(24(21)12-25)13-5-4-6-15(26)9-13/h3-10,12,20,23,26H,1,11H2,2H3/t20-,21-/m1/s1. The number of phenolic OH excluding ortho intramolecular Hbond substituents is 1. The molecule has 0 fully saturated rings. The lowest BCUT2D eigenvalue weighted by Gasteiger charge is -2.46. The van der Waals surface area contributed by atoms with Gasteiger partial charge in [0.1, 0.15) is 5.75 Å². The topological polar surface area (TPSA) is 56.3 Å². The molecule has 2 heterocycles. The van der Waals surface area contributed by atoms with Crippen molar-refractivity contribution in [3.8, 4) is 5.75 Å². The molecular weight excluding hydrogens is 348 g/mol. The van der Waals surface area contributed by atoms with Gasteiger partial charge in [-0.15, -0.1) is 6.58 Å². The Bertz CT molecular complexity index is 1030. The quantitative estimate of drug-likeness (QED) is 0.526. The van der Waals surface area contributed by atoms with Gasteiger partial charge in [-0.25, -0.2) is 0 Å². The summed E-state index contributed by atoms with van der Waals surface area (Å²) in [6.45, 7) is 5.97. The third-order valence-corrected chi connectivity index (χ3v) is 5.55. The average Bonchev–Trinajstić information content (AvgIpc) is 2.97. The molecule has 2 N–H and O–H groups in total. The molecule has 0 unspecified atom stereocenters. The first kappa shape index (κ1) is 16.7. The lowest BCUT2D eigenvalue weighted by molar-refractivity contribution is -0.124. The first-order valence-corrected chi connectivity index (χ1v) is 8.81. The van der Waals surface area contributed by atoms with Crippen molar-refractivity contribution in [3.05, 3.63) is 77.0 Å². The Morgan fingerprint density at radius 1 is 1.35 bits per heavy atom. The number of aromatic amines is 1. The van der Waals surface area contributed by atoms with E-state index in [-0.39, 0.29) is 11.8 Å². The van der Waals surface area contributed by atoms with Gasteiger partial charge in [-0.05, 0) is 48.4 Å². The van der Waals surface area contributed by atoms with E-state index in [0.717, 1.165) is 34.1 Å². The molecule has 0 spiro atoms. The summed E-state index contributed by atoms with van der Waals surface area (Å²) in [6, 6.07) is 12.4. The summed E-state index contributed by atoms with van der Waals surface area (Å²) in [7, 11) is 0. The number of carbonyl (C=O) groups is 1. The van der Waals surface area contributed by atoms with Crippen molar-refractivity contribution in [3.63, 3.8) is 0 Å². The fourth-order valence-corrected chi connectivity index (χ4v) is 4.10. The van der Waals surface area contributed by atoms with Gasteiger partial charge in [0.15, 0.2) is 0 Å². The summed E-state index contributed by atoms with van der Waals surface area (Å²) < 4.78 is 0. The molecular formula is C21H19ClN2O2. The van der Waals surface area contributed by atoms with Crippen molar-refractivity contribution in [2.45, 2.75) is 24.9 Å².